The van der Waals surface area contributed by atoms with Gasteiger partial charge in [-0.15, -0.1) is 0 Å². The first-order valence-electron chi connectivity index (χ1n) is 9.98. The van der Waals surface area contributed by atoms with Gasteiger partial charge in [-0.25, -0.2) is 4.79 Å². The van der Waals surface area contributed by atoms with Gasteiger partial charge in [-0.3, -0.25) is 0 Å². The molecule has 2 aliphatic carbocycles. The Balaban J connectivity index is 1.57. The number of rotatable bonds is 3. The summed E-state index contributed by atoms with van der Waals surface area (Å²) < 4.78 is 5.22. The average Bonchev–Trinajstić information content (AvgIpc) is 3.30. The zero-order valence-electron chi connectivity index (χ0n) is 15.5. The predicted molar refractivity (Wildman–Crippen MR) is 107 cm³/mol. The van der Waals surface area contributed by atoms with Crippen LogP contribution in [0, 0.1) is 17.8 Å². The fourth-order valence-electron chi connectivity index (χ4n) is 5.83. The minimum atomic E-state index is -0.222. The first-order valence-corrected chi connectivity index (χ1v) is 10.4. The number of fused-ring (bicyclic) bond motifs is 7. The summed E-state index contributed by atoms with van der Waals surface area (Å²) in [4.78, 5) is 12.2. The molecule has 2 bridgehead atoms. The molecule has 0 aromatic heterocycles. The molecular weight excluding hydrogens is 358 g/mol. The van der Waals surface area contributed by atoms with E-state index in [4.69, 9.17) is 16.3 Å². The van der Waals surface area contributed by atoms with Crippen LogP contribution in [0.1, 0.15) is 59.6 Å². The molecule has 5 rings (SSSR count). The van der Waals surface area contributed by atoms with Gasteiger partial charge in [0.2, 0.25) is 0 Å². The van der Waals surface area contributed by atoms with Crippen LogP contribution in [0.2, 0.25) is 5.02 Å². The van der Waals surface area contributed by atoms with Gasteiger partial charge >= 0.3 is 5.97 Å². The Labute approximate surface area is 165 Å². The lowest BCUT2D eigenvalue weighted by Gasteiger charge is -2.43. The number of esters is 1. The Morgan fingerprint density at radius 1 is 1.15 bits per heavy atom. The number of benzene rings is 2. The number of ether oxygens (including phenoxy) is 1. The van der Waals surface area contributed by atoms with Crippen molar-refractivity contribution in [3.05, 3.63) is 64.2 Å². The molecule has 4 heteroatoms. The van der Waals surface area contributed by atoms with Crippen molar-refractivity contribution in [3.63, 3.8) is 0 Å². The van der Waals surface area contributed by atoms with Gasteiger partial charge in [-0.2, -0.15) is 0 Å². The van der Waals surface area contributed by atoms with E-state index < -0.39 is 0 Å². The van der Waals surface area contributed by atoms with Gasteiger partial charge < -0.3 is 10.1 Å². The van der Waals surface area contributed by atoms with Gasteiger partial charge in [-0.05, 0) is 91.3 Å². The fourth-order valence-corrected chi connectivity index (χ4v) is 5.95. The van der Waals surface area contributed by atoms with Crippen LogP contribution in [0.4, 0.5) is 5.69 Å². The van der Waals surface area contributed by atoms with Crippen LogP contribution in [0.5, 0.6) is 0 Å². The number of hydrogen-bond acceptors (Lipinski definition) is 3. The second-order valence-electron chi connectivity index (χ2n) is 8.13. The lowest BCUT2D eigenvalue weighted by molar-refractivity contribution is 0.0526. The summed E-state index contributed by atoms with van der Waals surface area (Å²) in [5, 5.41) is 4.57. The molecule has 2 saturated carbocycles. The van der Waals surface area contributed by atoms with E-state index in [-0.39, 0.29) is 5.97 Å². The SMILES string of the molecule is CCOC(=O)c1ccc2c(c1)[C@@H]1[C@H]3CC[C@@H](C3)[C@@H]1[C@H](c1ccc(Cl)cc1)N2. The summed E-state index contributed by atoms with van der Waals surface area (Å²) >= 11 is 6.11. The summed E-state index contributed by atoms with van der Waals surface area (Å²) in [5.41, 5.74) is 4.45. The third-order valence-corrected chi connectivity index (χ3v) is 7.08. The Hall–Kier alpha value is -2.00. The first kappa shape index (κ1) is 17.1. The van der Waals surface area contributed by atoms with Gasteiger partial charge in [-0.1, -0.05) is 23.7 Å². The highest BCUT2D eigenvalue weighted by molar-refractivity contribution is 6.30. The van der Waals surface area contributed by atoms with E-state index in [0.29, 0.717) is 30.0 Å². The van der Waals surface area contributed by atoms with Crippen LogP contribution in [0.15, 0.2) is 42.5 Å². The molecule has 5 atom stereocenters. The molecule has 0 saturated heterocycles. The molecule has 27 heavy (non-hydrogen) atoms. The molecule has 140 valence electrons. The summed E-state index contributed by atoms with van der Waals surface area (Å²) in [7, 11) is 0. The van der Waals surface area contributed by atoms with E-state index in [2.05, 4.69) is 29.6 Å². The van der Waals surface area contributed by atoms with E-state index in [0.717, 1.165) is 22.5 Å². The number of carbonyl (C=O) groups is 1. The maximum atomic E-state index is 12.2. The first-order chi connectivity index (χ1) is 13.2. The Kier molecular flexibility index (Phi) is 4.16. The molecule has 0 unspecified atom stereocenters. The van der Waals surface area contributed by atoms with Crippen molar-refractivity contribution in [2.45, 2.75) is 38.1 Å². The molecule has 2 aromatic carbocycles. The third kappa shape index (κ3) is 2.75. The monoisotopic (exact) mass is 381 g/mol. The summed E-state index contributed by atoms with van der Waals surface area (Å²) in [5.74, 6) is 2.37. The summed E-state index contributed by atoms with van der Waals surface area (Å²) in [6, 6.07) is 14.6. The van der Waals surface area contributed by atoms with Gasteiger partial charge in [0, 0.05) is 10.7 Å². The number of carbonyl (C=O) groups excluding carboxylic acids is 1. The van der Waals surface area contributed by atoms with Gasteiger partial charge in [0.1, 0.15) is 0 Å². The van der Waals surface area contributed by atoms with Crippen molar-refractivity contribution in [3.8, 4) is 0 Å². The molecule has 0 spiro atoms. The predicted octanol–water partition coefficient (Wildman–Crippen LogP) is 5.81. The van der Waals surface area contributed by atoms with Crippen molar-refractivity contribution in [2.24, 2.45) is 17.8 Å². The largest absolute Gasteiger partial charge is 0.462 e. The number of hydrogen-bond donors (Lipinski definition) is 1. The van der Waals surface area contributed by atoms with E-state index in [1.54, 1.807) is 0 Å². The fraction of sp³-hybridized carbons (Fsp3) is 0.435. The molecule has 3 aliphatic rings. The van der Waals surface area contributed by atoms with Crippen LogP contribution >= 0.6 is 11.6 Å². The number of anilines is 1. The second-order valence-corrected chi connectivity index (χ2v) is 8.57. The minimum absolute atomic E-state index is 0.222. The van der Waals surface area contributed by atoms with Crippen molar-refractivity contribution in [1.29, 1.82) is 0 Å². The maximum absolute atomic E-state index is 12.2. The van der Waals surface area contributed by atoms with Gasteiger partial charge in [0.15, 0.2) is 0 Å². The van der Waals surface area contributed by atoms with E-state index in [1.807, 2.05) is 25.1 Å². The van der Waals surface area contributed by atoms with Crippen LogP contribution in [-0.4, -0.2) is 12.6 Å². The van der Waals surface area contributed by atoms with Crippen LogP contribution in [0.3, 0.4) is 0 Å². The molecule has 1 heterocycles. The highest BCUT2D eigenvalue weighted by atomic mass is 35.5. The van der Waals surface area contributed by atoms with Gasteiger partial charge in [0.05, 0.1) is 18.2 Å². The molecule has 1 aliphatic heterocycles. The summed E-state index contributed by atoms with van der Waals surface area (Å²) in [6.07, 6.45) is 3.94. The Morgan fingerprint density at radius 3 is 2.70 bits per heavy atom. The Morgan fingerprint density at radius 2 is 1.93 bits per heavy atom. The standard InChI is InChI=1S/C23H24ClNO2/c1-2-27-23(26)16-7-10-19-18(12-16)20-14-3-4-15(11-14)21(20)22(25-19)13-5-8-17(24)9-6-13/h5-10,12,14-15,20-22,25H,2-4,11H2,1H3/t14-,15-,20-,21-,22-/m0/s1. The van der Waals surface area contributed by atoms with Crippen molar-refractivity contribution in [2.75, 3.05) is 11.9 Å². The molecule has 1 N–H and O–H groups in total. The van der Waals surface area contributed by atoms with Crippen LogP contribution in [0.25, 0.3) is 0 Å². The van der Waals surface area contributed by atoms with Crippen LogP contribution in [-0.2, 0) is 4.74 Å². The lowest BCUT2D eigenvalue weighted by atomic mass is 9.68. The van der Waals surface area contributed by atoms with E-state index >= 15 is 0 Å². The van der Waals surface area contributed by atoms with Crippen LogP contribution < -0.4 is 5.32 Å². The second kappa shape index (κ2) is 6.56. The molecule has 0 radical (unpaired) electrons. The van der Waals surface area contributed by atoms with E-state index in [1.165, 1.54) is 30.4 Å². The maximum Gasteiger partial charge on any atom is 0.338 e. The summed E-state index contributed by atoms with van der Waals surface area (Å²) in [6.45, 7) is 2.25. The molecular formula is C23H24ClNO2. The number of halogens is 1. The normalized spacial score (nSPS) is 30.4. The smallest absolute Gasteiger partial charge is 0.338 e. The highest BCUT2D eigenvalue weighted by Crippen LogP contribution is 2.63. The zero-order valence-corrected chi connectivity index (χ0v) is 16.2. The molecule has 0 amide bonds. The van der Waals surface area contributed by atoms with Gasteiger partial charge in [0.25, 0.3) is 0 Å². The third-order valence-electron chi connectivity index (χ3n) is 6.83. The van der Waals surface area contributed by atoms with Crippen molar-refractivity contribution < 1.29 is 9.53 Å². The average molecular weight is 382 g/mol. The quantitative estimate of drug-likeness (QED) is 0.681. The van der Waals surface area contributed by atoms with Crippen molar-refractivity contribution >= 4 is 23.3 Å². The molecule has 2 aromatic rings. The highest BCUT2D eigenvalue weighted by Gasteiger charge is 2.53. The molecule has 2 fully saturated rings. The zero-order chi connectivity index (χ0) is 18.5. The number of nitrogens with one attached hydrogen (secondary N) is 1. The molecule has 3 nitrogen and oxygen atoms in total. The topological polar surface area (TPSA) is 38.3 Å². The van der Waals surface area contributed by atoms with Crippen molar-refractivity contribution in [1.82, 2.24) is 0 Å². The van der Waals surface area contributed by atoms with E-state index in [9.17, 15) is 4.79 Å². The minimum Gasteiger partial charge on any atom is -0.462 e. The lowest BCUT2D eigenvalue weighted by Crippen LogP contribution is -2.35. The Bertz CT molecular complexity index is 878.